The number of ether oxygens (including phenoxy) is 1. The van der Waals surface area contributed by atoms with Crippen molar-refractivity contribution in [1.29, 1.82) is 0 Å². The van der Waals surface area contributed by atoms with Gasteiger partial charge in [0.2, 0.25) is 0 Å². The number of carbonyl (C=O) groups is 1. The average molecular weight is 252 g/mol. The molecule has 0 unspecified atom stereocenters. The second-order valence-corrected chi connectivity index (χ2v) is 4.61. The van der Waals surface area contributed by atoms with Gasteiger partial charge in [0.1, 0.15) is 0 Å². The summed E-state index contributed by atoms with van der Waals surface area (Å²) in [7, 11) is 1.37. The zero-order valence-electron chi connectivity index (χ0n) is 10.0. The minimum atomic E-state index is -0.347. The van der Waals surface area contributed by atoms with E-state index in [1.54, 1.807) is 12.1 Å². The normalized spacial score (nSPS) is 11.1. The van der Waals surface area contributed by atoms with Gasteiger partial charge in [-0.1, -0.05) is 11.6 Å². The van der Waals surface area contributed by atoms with Gasteiger partial charge in [-0.2, -0.15) is 0 Å². The van der Waals surface area contributed by atoms with E-state index in [0.717, 1.165) is 10.9 Å². The molecule has 1 aromatic heterocycles. The van der Waals surface area contributed by atoms with Gasteiger partial charge in [0.05, 0.1) is 17.7 Å². The first kappa shape index (κ1) is 12.0. The molecule has 0 fully saturated rings. The van der Waals surface area contributed by atoms with Crippen LogP contribution < -0.4 is 0 Å². The number of hydrogen-bond acceptors (Lipinski definition) is 2. The summed E-state index contributed by atoms with van der Waals surface area (Å²) in [6, 6.07) is 5.74. The van der Waals surface area contributed by atoms with Crippen LogP contribution in [0.3, 0.4) is 0 Å². The SMILES string of the molecule is COC(=O)c1ccc2c(c1)c(Cl)cn2C(C)C. The third-order valence-electron chi connectivity index (χ3n) is 2.76. The van der Waals surface area contributed by atoms with Crippen LogP contribution in [0.5, 0.6) is 0 Å². The van der Waals surface area contributed by atoms with Crippen LogP contribution in [-0.4, -0.2) is 17.6 Å². The summed E-state index contributed by atoms with van der Waals surface area (Å²) in [4.78, 5) is 11.4. The Morgan fingerprint density at radius 2 is 2.12 bits per heavy atom. The number of methoxy groups -OCH3 is 1. The topological polar surface area (TPSA) is 31.2 Å². The van der Waals surface area contributed by atoms with Crippen molar-refractivity contribution < 1.29 is 9.53 Å². The van der Waals surface area contributed by atoms with Crippen molar-refractivity contribution in [2.24, 2.45) is 0 Å². The van der Waals surface area contributed by atoms with Gasteiger partial charge >= 0.3 is 5.97 Å². The summed E-state index contributed by atoms with van der Waals surface area (Å²) in [6.07, 6.45) is 1.89. The predicted octanol–water partition coefficient (Wildman–Crippen LogP) is 3.66. The molecule has 2 rings (SSSR count). The minimum absolute atomic E-state index is 0.328. The molecule has 0 aliphatic heterocycles. The third-order valence-corrected chi connectivity index (χ3v) is 3.06. The van der Waals surface area contributed by atoms with Crippen molar-refractivity contribution in [3.05, 3.63) is 35.0 Å². The first-order valence-corrected chi connectivity index (χ1v) is 5.80. The van der Waals surface area contributed by atoms with E-state index in [2.05, 4.69) is 18.4 Å². The first-order valence-electron chi connectivity index (χ1n) is 5.43. The number of esters is 1. The molecule has 0 radical (unpaired) electrons. The smallest absolute Gasteiger partial charge is 0.337 e. The summed E-state index contributed by atoms with van der Waals surface area (Å²) >= 11 is 6.17. The molecule has 0 N–H and O–H groups in total. The van der Waals surface area contributed by atoms with E-state index >= 15 is 0 Å². The molecule has 3 nitrogen and oxygen atoms in total. The number of nitrogens with zero attached hydrogens (tertiary/aromatic N) is 1. The third kappa shape index (κ3) is 2.03. The van der Waals surface area contributed by atoms with E-state index in [-0.39, 0.29) is 5.97 Å². The number of aromatic nitrogens is 1. The molecule has 1 heterocycles. The summed E-state index contributed by atoms with van der Waals surface area (Å²) in [5.41, 5.74) is 1.54. The zero-order valence-corrected chi connectivity index (χ0v) is 10.8. The molecule has 2 aromatic rings. The molecule has 90 valence electrons. The number of halogens is 1. The second kappa shape index (κ2) is 4.41. The minimum Gasteiger partial charge on any atom is -0.465 e. The lowest BCUT2D eigenvalue weighted by molar-refractivity contribution is 0.0601. The van der Waals surface area contributed by atoms with Gasteiger partial charge in [0, 0.05) is 23.1 Å². The van der Waals surface area contributed by atoms with E-state index in [4.69, 9.17) is 16.3 Å². The molecule has 0 spiro atoms. The monoisotopic (exact) mass is 251 g/mol. The Hall–Kier alpha value is -1.48. The average Bonchev–Trinajstić information content (AvgIpc) is 2.65. The van der Waals surface area contributed by atoms with Gasteiger partial charge in [-0.3, -0.25) is 0 Å². The molecule has 0 saturated heterocycles. The lowest BCUT2D eigenvalue weighted by Gasteiger charge is -2.09. The fourth-order valence-corrected chi connectivity index (χ4v) is 2.14. The van der Waals surface area contributed by atoms with E-state index < -0.39 is 0 Å². The Morgan fingerprint density at radius 3 is 2.71 bits per heavy atom. The molecule has 0 saturated carbocycles. The van der Waals surface area contributed by atoms with Crippen LogP contribution in [0.15, 0.2) is 24.4 Å². The lowest BCUT2D eigenvalue weighted by atomic mass is 10.1. The van der Waals surface area contributed by atoms with Crippen LogP contribution in [0.4, 0.5) is 0 Å². The zero-order chi connectivity index (χ0) is 12.6. The number of carbonyl (C=O) groups excluding carboxylic acids is 1. The van der Waals surface area contributed by atoms with Crippen molar-refractivity contribution in [3.63, 3.8) is 0 Å². The Balaban J connectivity index is 2.63. The van der Waals surface area contributed by atoms with Crippen LogP contribution >= 0.6 is 11.6 Å². The summed E-state index contributed by atoms with van der Waals surface area (Å²) < 4.78 is 6.77. The highest BCUT2D eigenvalue weighted by Crippen LogP contribution is 2.29. The predicted molar refractivity (Wildman–Crippen MR) is 68.7 cm³/mol. The summed E-state index contributed by atoms with van der Waals surface area (Å²) in [5, 5.41) is 1.53. The first-order chi connectivity index (χ1) is 8.04. The second-order valence-electron chi connectivity index (χ2n) is 4.20. The molecule has 4 heteroatoms. The highest BCUT2D eigenvalue weighted by molar-refractivity contribution is 6.35. The lowest BCUT2D eigenvalue weighted by Crippen LogP contribution is -2.01. The highest BCUT2D eigenvalue weighted by atomic mass is 35.5. The number of rotatable bonds is 2. The van der Waals surface area contributed by atoms with Crippen LogP contribution in [0.1, 0.15) is 30.2 Å². The van der Waals surface area contributed by atoms with Gasteiger partial charge in [-0.15, -0.1) is 0 Å². The Morgan fingerprint density at radius 1 is 1.41 bits per heavy atom. The maximum atomic E-state index is 11.4. The molecule has 0 aliphatic carbocycles. The van der Waals surface area contributed by atoms with Crippen molar-refractivity contribution in [2.45, 2.75) is 19.9 Å². The molecule has 17 heavy (non-hydrogen) atoms. The molecular formula is C13H14ClNO2. The van der Waals surface area contributed by atoms with Crippen LogP contribution in [0, 0.1) is 0 Å². The maximum absolute atomic E-state index is 11.4. The summed E-state index contributed by atoms with van der Waals surface area (Å²) in [5.74, 6) is -0.347. The van der Waals surface area contributed by atoms with Gasteiger partial charge in [-0.25, -0.2) is 4.79 Å². The van der Waals surface area contributed by atoms with Gasteiger partial charge in [0.25, 0.3) is 0 Å². The number of fused-ring (bicyclic) bond motifs is 1. The fraction of sp³-hybridized carbons (Fsp3) is 0.308. The Bertz CT molecular complexity index is 572. The Labute approximate surface area is 105 Å². The summed E-state index contributed by atoms with van der Waals surface area (Å²) in [6.45, 7) is 4.17. The molecule has 0 aliphatic rings. The van der Waals surface area contributed by atoms with E-state index in [9.17, 15) is 4.79 Å². The van der Waals surface area contributed by atoms with Crippen molar-refractivity contribution >= 4 is 28.5 Å². The largest absolute Gasteiger partial charge is 0.465 e. The van der Waals surface area contributed by atoms with Crippen molar-refractivity contribution in [2.75, 3.05) is 7.11 Å². The van der Waals surface area contributed by atoms with Crippen molar-refractivity contribution in [1.82, 2.24) is 4.57 Å². The van der Waals surface area contributed by atoms with E-state index in [1.165, 1.54) is 7.11 Å². The van der Waals surface area contributed by atoms with Crippen LogP contribution in [0.25, 0.3) is 10.9 Å². The molecular weight excluding hydrogens is 238 g/mol. The maximum Gasteiger partial charge on any atom is 0.337 e. The van der Waals surface area contributed by atoms with Crippen molar-refractivity contribution in [3.8, 4) is 0 Å². The molecule has 0 amide bonds. The molecule has 1 aromatic carbocycles. The fourth-order valence-electron chi connectivity index (χ4n) is 1.89. The number of hydrogen-bond donors (Lipinski definition) is 0. The Kier molecular flexibility index (Phi) is 3.11. The standard InChI is InChI=1S/C13H14ClNO2/c1-8(2)15-7-11(14)10-6-9(13(16)17-3)4-5-12(10)15/h4-8H,1-3H3. The molecule has 0 bridgehead atoms. The highest BCUT2D eigenvalue weighted by Gasteiger charge is 2.12. The quantitative estimate of drug-likeness (QED) is 0.763. The van der Waals surface area contributed by atoms with Gasteiger partial charge in [0.15, 0.2) is 0 Å². The van der Waals surface area contributed by atoms with Gasteiger partial charge < -0.3 is 9.30 Å². The van der Waals surface area contributed by atoms with Crippen LogP contribution in [0.2, 0.25) is 5.02 Å². The van der Waals surface area contributed by atoms with E-state index in [0.29, 0.717) is 16.6 Å². The van der Waals surface area contributed by atoms with E-state index in [1.807, 2.05) is 12.3 Å². The van der Waals surface area contributed by atoms with Crippen LogP contribution in [-0.2, 0) is 4.74 Å². The molecule has 0 atom stereocenters. The number of benzene rings is 1. The van der Waals surface area contributed by atoms with Gasteiger partial charge in [-0.05, 0) is 32.0 Å².